The molecule has 0 radical (unpaired) electrons. The van der Waals surface area contributed by atoms with E-state index in [9.17, 15) is 4.79 Å². The maximum Gasteiger partial charge on any atom is 0.262 e. The van der Waals surface area contributed by atoms with Crippen LogP contribution in [0.3, 0.4) is 0 Å². The van der Waals surface area contributed by atoms with Gasteiger partial charge < -0.3 is 20.7 Å². The fourth-order valence-electron chi connectivity index (χ4n) is 3.11. The minimum atomic E-state index is -0.226. The van der Waals surface area contributed by atoms with Gasteiger partial charge in [-0.25, -0.2) is 15.0 Å². The van der Waals surface area contributed by atoms with Gasteiger partial charge in [0.05, 0.1) is 0 Å². The van der Waals surface area contributed by atoms with Gasteiger partial charge in [-0.2, -0.15) is 0 Å². The molecule has 0 aliphatic rings. The number of aromatic nitrogens is 3. The summed E-state index contributed by atoms with van der Waals surface area (Å²) in [5, 5.41) is 9.26. The molecule has 0 unspecified atom stereocenters. The Balaban J connectivity index is 1.34. The molecule has 2 aromatic heterocycles. The van der Waals surface area contributed by atoms with E-state index >= 15 is 0 Å². The number of nitrogens with zero attached hydrogens (tertiary/aromatic N) is 3. The first-order valence-corrected chi connectivity index (χ1v) is 10.4. The highest BCUT2D eigenvalue weighted by Gasteiger charge is 2.07. The number of rotatable bonds is 8. The topological polar surface area (TPSA) is 101 Å². The molecule has 2 heterocycles. The molecule has 8 heteroatoms. The van der Waals surface area contributed by atoms with Crippen LogP contribution in [0, 0.1) is 13.8 Å². The lowest BCUT2D eigenvalue weighted by molar-refractivity contribution is -0.118. The zero-order chi connectivity index (χ0) is 23.0. The zero-order valence-corrected chi connectivity index (χ0v) is 18.4. The summed E-state index contributed by atoms with van der Waals surface area (Å²) in [6, 6.07) is 22.4. The van der Waals surface area contributed by atoms with E-state index in [0.717, 1.165) is 11.3 Å². The molecule has 0 saturated heterocycles. The Morgan fingerprint density at radius 3 is 2.24 bits per heavy atom. The van der Waals surface area contributed by atoms with Crippen LogP contribution in [0.25, 0.3) is 0 Å². The van der Waals surface area contributed by atoms with E-state index in [2.05, 4.69) is 30.9 Å². The molecule has 2 aromatic carbocycles. The van der Waals surface area contributed by atoms with E-state index in [0.29, 0.717) is 34.7 Å². The highest BCUT2D eigenvalue weighted by molar-refractivity contribution is 5.92. The molecule has 1 amide bonds. The first-order valence-electron chi connectivity index (χ1n) is 10.4. The van der Waals surface area contributed by atoms with Crippen LogP contribution in [0.1, 0.15) is 11.4 Å². The molecule has 8 nitrogen and oxygen atoms in total. The van der Waals surface area contributed by atoms with E-state index in [-0.39, 0.29) is 12.5 Å². The first kappa shape index (κ1) is 21.8. The van der Waals surface area contributed by atoms with Crippen molar-refractivity contribution in [3.63, 3.8) is 0 Å². The van der Waals surface area contributed by atoms with Crippen molar-refractivity contribution in [3.05, 3.63) is 90.4 Å². The molecule has 4 rings (SSSR count). The molecule has 0 bridgehead atoms. The number of pyridine rings is 1. The van der Waals surface area contributed by atoms with Crippen molar-refractivity contribution in [2.45, 2.75) is 13.8 Å². The summed E-state index contributed by atoms with van der Waals surface area (Å²) in [6.07, 6.45) is 1.71. The standard InChI is InChI=1S/C25H24N6O2/c1-17-7-3-4-8-21(17)33-16-25(32)30-20-12-10-19(11-13-20)29-23-15-24(28-18(2)27-23)31-22-9-5-6-14-26-22/h3-15H,16H2,1-2H3,(H,30,32)(H2,26,27,28,29,31). The summed E-state index contributed by atoms with van der Waals surface area (Å²) >= 11 is 0. The first-order chi connectivity index (χ1) is 16.0. The molecule has 3 N–H and O–H groups in total. The molecule has 166 valence electrons. The Morgan fingerprint density at radius 1 is 0.818 bits per heavy atom. The van der Waals surface area contributed by atoms with Gasteiger partial charge in [-0.1, -0.05) is 24.3 Å². The Labute approximate surface area is 192 Å². The number of carbonyl (C=O) groups is 1. The molecule has 0 aliphatic carbocycles. The molecular weight excluding hydrogens is 416 g/mol. The van der Waals surface area contributed by atoms with Crippen molar-refractivity contribution in [3.8, 4) is 5.75 Å². The van der Waals surface area contributed by atoms with Gasteiger partial charge in [0, 0.05) is 23.6 Å². The monoisotopic (exact) mass is 440 g/mol. The predicted molar refractivity (Wildman–Crippen MR) is 129 cm³/mol. The number of ether oxygens (including phenoxy) is 1. The number of hydrogen-bond acceptors (Lipinski definition) is 7. The second kappa shape index (κ2) is 10.2. The van der Waals surface area contributed by atoms with Crippen molar-refractivity contribution in [1.29, 1.82) is 0 Å². The molecule has 0 saturated carbocycles. The fourth-order valence-corrected chi connectivity index (χ4v) is 3.11. The summed E-state index contributed by atoms with van der Waals surface area (Å²) in [5.41, 5.74) is 2.49. The number of carbonyl (C=O) groups excluding carboxylic acids is 1. The quantitative estimate of drug-likeness (QED) is 0.355. The minimum Gasteiger partial charge on any atom is -0.483 e. The number of aryl methyl sites for hydroxylation is 2. The van der Waals surface area contributed by atoms with Crippen LogP contribution < -0.4 is 20.7 Å². The van der Waals surface area contributed by atoms with Gasteiger partial charge in [0.2, 0.25) is 0 Å². The molecule has 0 fully saturated rings. The van der Waals surface area contributed by atoms with Crippen molar-refractivity contribution in [1.82, 2.24) is 15.0 Å². The van der Waals surface area contributed by atoms with Crippen LogP contribution in [0.15, 0.2) is 79.0 Å². The number of amides is 1. The van der Waals surface area contributed by atoms with Gasteiger partial charge >= 0.3 is 0 Å². The average molecular weight is 441 g/mol. The van der Waals surface area contributed by atoms with Gasteiger partial charge in [0.1, 0.15) is 29.0 Å². The summed E-state index contributed by atoms with van der Waals surface area (Å²) < 4.78 is 5.59. The zero-order valence-electron chi connectivity index (χ0n) is 18.4. The molecule has 33 heavy (non-hydrogen) atoms. The third-order valence-electron chi connectivity index (χ3n) is 4.65. The highest BCUT2D eigenvalue weighted by Crippen LogP contribution is 2.21. The summed E-state index contributed by atoms with van der Waals surface area (Å²) in [7, 11) is 0. The molecule has 0 spiro atoms. The fraction of sp³-hybridized carbons (Fsp3) is 0.120. The Kier molecular flexibility index (Phi) is 6.75. The van der Waals surface area contributed by atoms with Crippen LogP contribution in [0.2, 0.25) is 0 Å². The molecule has 4 aromatic rings. The second-order valence-electron chi connectivity index (χ2n) is 7.33. The third-order valence-corrected chi connectivity index (χ3v) is 4.65. The van der Waals surface area contributed by atoms with Gasteiger partial charge in [0.15, 0.2) is 6.61 Å². The van der Waals surface area contributed by atoms with Gasteiger partial charge in [-0.3, -0.25) is 4.79 Å². The van der Waals surface area contributed by atoms with Crippen molar-refractivity contribution >= 4 is 34.7 Å². The molecule has 0 aliphatic heterocycles. The number of anilines is 5. The summed E-state index contributed by atoms with van der Waals surface area (Å²) in [6.45, 7) is 3.71. The third kappa shape index (κ3) is 6.27. The Bertz CT molecular complexity index is 1230. The number of hydrogen-bond donors (Lipinski definition) is 3. The van der Waals surface area contributed by atoms with Crippen LogP contribution in [0.5, 0.6) is 5.75 Å². The van der Waals surface area contributed by atoms with E-state index in [4.69, 9.17) is 4.74 Å². The van der Waals surface area contributed by atoms with Gasteiger partial charge in [0.25, 0.3) is 5.91 Å². The summed E-state index contributed by atoms with van der Waals surface area (Å²) in [4.78, 5) is 25.3. The van der Waals surface area contributed by atoms with Crippen LogP contribution in [-0.4, -0.2) is 27.5 Å². The van der Waals surface area contributed by atoms with E-state index in [1.165, 1.54) is 0 Å². The smallest absolute Gasteiger partial charge is 0.262 e. The largest absolute Gasteiger partial charge is 0.483 e. The maximum atomic E-state index is 12.2. The maximum absolute atomic E-state index is 12.2. The Morgan fingerprint density at radius 2 is 1.52 bits per heavy atom. The molecular formula is C25H24N6O2. The number of benzene rings is 2. The van der Waals surface area contributed by atoms with Crippen LogP contribution in [0.4, 0.5) is 28.8 Å². The van der Waals surface area contributed by atoms with Gasteiger partial charge in [-0.15, -0.1) is 0 Å². The average Bonchev–Trinajstić information content (AvgIpc) is 2.80. The highest BCUT2D eigenvalue weighted by atomic mass is 16.5. The van der Waals surface area contributed by atoms with Crippen LogP contribution >= 0.6 is 0 Å². The SMILES string of the molecule is Cc1nc(Nc2ccc(NC(=O)COc3ccccc3C)cc2)cc(Nc2ccccn2)n1. The Hall–Kier alpha value is -4.46. The van der Waals surface area contributed by atoms with E-state index in [1.54, 1.807) is 12.3 Å². The lowest BCUT2D eigenvalue weighted by Crippen LogP contribution is -2.20. The second-order valence-corrected chi connectivity index (χ2v) is 7.33. The molecule has 0 atom stereocenters. The van der Waals surface area contributed by atoms with E-state index in [1.807, 2.05) is 80.6 Å². The van der Waals surface area contributed by atoms with E-state index < -0.39 is 0 Å². The van der Waals surface area contributed by atoms with Crippen molar-refractivity contribution in [2.75, 3.05) is 22.6 Å². The number of nitrogens with one attached hydrogen (secondary N) is 3. The van der Waals surface area contributed by atoms with Gasteiger partial charge in [-0.05, 0) is 61.9 Å². The lowest BCUT2D eigenvalue weighted by atomic mass is 10.2. The van der Waals surface area contributed by atoms with Crippen molar-refractivity contribution < 1.29 is 9.53 Å². The van der Waals surface area contributed by atoms with Crippen LogP contribution in [-0.2, 0) is 4.79 Å². The van der Waals surface area contributed by atoms with Crippen molar-refractivity contribution in [2.24, 2.45) is 0 Å². The summed E-state index contributed by atoms with van der Waals surface area (Å²) in [5.74, 6) is 3.08. The number of para-hydroxylation sites is 1. The normalized spacial score (nSPS) is 10.4. The minimum absolute atomic E-state index is 0.0584. The lowest BCUT2D eigenvalue weighted by Gasteiger charge is -2.11. The predicted octanol–water partition coefficient (Wildman–Crippen LogP) is 4.99.